The third kappa shape index (κ3) is 6.68. The summed E-state index contributed by atoms with van der Waals surface area (Å²) in [5.41, 5.74) is 6.41. The van der Waals surface area contributed by atoms with Crippen molar-refractivity contribution in [3.05, 3.63) is 113 Å². The van der Waals surface area contributed by atoms with Gasteiger partial charge in [0.1, 0.15) is 28.4 Å². The molecule has 2 aliphatic rings. The number of hydrogen-bond donors (Lipinski definition) is 2. The van der Waals surface area contributed by atoms with E-state index in [-0.39, 0.29) is 11.1 Å². The minimum Gasteiger partial charge on any atom is -0.462 e. The molecule has 4 aromatic rings. The Labute approximate surface area is 275 Å². The molecule has 2 aromatic heterocycles. The molecular weight excluding hydrogens is 834 g/mol. The Bertz CT molecular complexity index is 1630. The van der Waals surface area contributed by atoms with E-state index in [9.17, 15) is 19.2 Å². The monoisotopic (exact) mass is 852 g/mol. The second-order valence-electron chi connectivity index (χ2n) is 8.82. The van der Waals surface area contributed by atoms with Crippen molar-refractivity contribution in [2.45, 2.75) is 6.92 Å². The van der Waals surface area contributed by atoms with Crippen LogP contribution in [0.4, 0.5) is 11.4 Å². The first kappa shape index (κ1) is 29.8. The summed E-state index contributed by atoms with van der Waals surface area (Å²) in [6, 6.07) is 21.4. The highest BCUT2D eigenvalue weighted by Gasteiger charge is 2.35. The van der Waals surface area contributed by atoms with Gasteiger partial charge in [-0.2, -0.15) is 0 Å². The second kappa shape index (κ2) is 12.7. The van der Waals surface area contributed by atoms with Gasteiger partial charge in [0.15, 0.2) is 4.67 Å². The second-order valence-corrected chi connectivity index (χ2v) is 12.1. The number of nitrogens with one attached hydrogen (secondary N) is 2. The van der Waals surface area contributed by atoms with Crippen LogP contribution in [0, 0.1) is 14.1 Å². The molecule has 0 unspecified atom stereocenters. The van der Waals surface area contributed by atoms with Crippen molar-refractivity contribution in [2.24, 2.45) is 0 Å². The standard InChI is InChI=1S/C15H11IN2O3.C14H8BrIN2O3/c1-9-2-7-12(21-9)8-13-14(19)17-18(15(13)20)11-5-3-10(16)4-6-11;15-12-6-5-10(21-12)7-11-13(19)17-18(14(11)20)9-3-1-8(16)2-4-9/h2-8H,1H3,(H,17,19);1-7H,(H,17,19)/b13-8-;11-7-. The number of carbonyl (C=O) groups is 4. The molecule has 42 heavy (non-hydrogen) atoms. The number of carbonyl (C=O) groups excluding carboxylic acids is 4. The number of furan rings is 2. The van der Waals surface area contributed by atoms with Gasteiger partial charge in [0.05, 0.1) is 11.4 Å². The Morgan fingerprint density at radius 3 is 1.45 bits per heavy atom. The SMILES string of the molecule is Cc1ccc(/C=C2/C(=O)NN(c3ccc(I)cc3)C2=O)o1.O=C1NN(c2ccc(I)cc2)C(=O)/C1=C\c1ccc(Br)o1. The van der Waals surface area contributed by atoms with E-state index in [1.165, 1.54) is 22.2 Å². The minimum absolute atomic E-state index is 0.0374. The van der Waals surface area contributed by atoms with E-state index in [4.69, 9.17) is 8.83 Å². The number of benzene rings is 2. The van der Waals surface area contributed by atoms with E-state index in [0.29, 0.717) is 27.6 Å². The largest absolute Gasteiger partial charge is 0.462 e. The maximum atomic E-state index is 12.3. The molecule has 0 bridgehead atoms. The molecule has 212 valence electrons. The number of hydrazine groups is 2. The van der Waals surface area contributed by atoms with Gasteiger partial charge in [0, 0.05) is 7.14 Å². The predicted octanol–water partition coefficient (Wildman–Crippen LogP) is 5.76. The Hall–Kier alpha value is -3.70. The molecule has 13 heteroatoms. The molecule has 4 amide bonds. The molecule has 2 N–H and O–H groups in total. The molecule has 0 radical (unpaired) electrons. The van der Waals surface area contributed by atoms with Crippen LogP contribution in [0.15, 0.2) is 97.4 Å². The van der Waals surface area contributed by atoms with Crippen molar-refractivity contribution in [1.82, 2.24) is 10.9 Å². The zero-order valence-corrected chi connectivity index (χ0v) is 27.5. The van der Waals surface area contributed by atoms with Crippen molar-refractivity contribution in [3.63, 3.8) is 0 Å². The highest BCUT2D eigenvalue weighted by atomic mass is 127. The van der Waals surface area contributed by atoms with Gasteiger partial charge in [-0.15, -0.1) is 0 Å². The fraction of sp³-hybridized carbons (Fsp3) is 0.0345. The minimum atomic E-state index is -0.453. The van der Waals surface area contributed by atoms with Crippen molar-refractivity contribution >= 4 is 108 Å². The Morgan fingerprint density at radius 1 is 0.643 bits per heavy atom. The summed E-state index contributed by atoms with van der Waals surface area (Å²) in [7, 11) is 0. The van der Waals surface area contributed by atoms with Gasteiger partial charge in [0.2, 0.25) is 0 Å². The number of hydrogen-bond acceptors (Lipinski definition) is 6. The van der Waals surface area contributed by atoms with Crippen LogP contribution in [0.5, 0.6) is 0 Å². The lowest BCUT2D eigenvalue weighted by molar-refractivity contribution is -0.118. The smallest absolute Gasteiger partial charge is 0.282 e. The average molecular weight is 853 g/mol. The maximum Gasteiger partial charge on any atom is 0.282 e. The quantitative estimate of drug-likeness (QED) is 0.153. The normalized spacial score (nSPS) is 16.7. The van der Waals surface area contributed by atoms with Gasteiger partial charge in [-0.25, -0.2) is 10.0 Å². The fourth-order valence-electron chi connectivity index (χ4n) is 3.88. The molecule has 0 atom stereocenters. The lowest BCUT2D eigenvalue weighted by Gasteiger charge is -2.14. The molecule has 2 saturated heterocycles. The number of amides is 4. The van der Waals surface area contributed by atoms with Crippen LogP contribution in [-0.4, -0.2) is 23.6 Å². The first-order valence-corrected chi connectivity index (χ1v) is 15.1. The Kier molecular flexibility index (Phi) is 8.98. The van der Waals surface area contributed by atoms with Gasteiger partial charge in [-0.1, -0.05) is 0 Å². The lowest BCUT2D eigenvalue weighted by atomic mass is 10.2. The highest BCUT2D eigenvalue weighted by molar-refractivity contribution is 14.1. The number of halogens is 3. The molecule has 6 rings (SSSR count). The van der Waals surface area contributed by atoms with Crippen LogP contribution < -0.4 is 20.9 Å². The van der Waals surface area contributed by atoms with Crippen LogP contribution in [0.1, 0.15) is 17.3 Å². The zero-order chi connectivity index (χ0) is 30.0. The number of nitrogens with zero attached hydrogens (tertiary/aromatic N) is 2. The van der Waals surface area contributed by atoms with Crippen LogP contribution in [0.25, 0.3) is 12.2 Å². The highest BCUT2D eigenvalue weighted by Crippen LogP contribution is 2.25. The molecule has 0 saturated carbocycles. The summed E-state index contributed by atoms with van der Waals surface area (Å²) in [5.74, 6) is -0.0508. The topological polar surface area (TPSA) is 125 Å². The van der Waals surface area contributed by atoms with Gasteiger partial charge in [0.25, 0.3) is 23.6 Å². The molecule has 2 fully saturated rings. The number of rotatable bonds is 4. The molecule has 2 aromatic carbocycles. The Balaban J connectivity index is 0.000000168. The summed E-state index contributed by atoms with van der Waals surface area (Å²) in [6.07, 6.45) is 2.88. The van der Waals surface area contributed by atoms with E-state index >= 15 is 0 Å². The first-order valence-electron chi connectivity index (χ1n) is 12.2. The van der Waals surface area contributed by atoms with E-state index < -0.39 is 23.6 Å². The summed E-state index contributed by atoms with van der Waals surface area (Å²) in [4.78, 5) is 48.6. The summed E-state index contributed by atoms with van der Waals surface area (Å²) in [6.45, 7) is 1.80. The number of anilines is 2. The lowest BCUT2D eigenvalue weighted by Crippen LogP contribution is -2.35. The zero-order valence-electron chi connectivity index (χ0n) is 21.6. The van der Waals surface area contributed by atoms with Crippen molar-refractivity contribution in [3.8, 4) is 0 Å². The van der Waals surface area contributed by atoms with Crippen molar-refractivity contribution < 1.29 is 28.0 Å². The fourth-order valence-corrected chi connectivity index (χ4v) is 4.92. The molecule has 0 spiro atoms. The van der Waals surface area contributed by atoms with Crippen molar-refractivity contribution in [2.75, 3.05) is 10.0 Å². The first-order chi connectivity index (χ1) is 20.1. The van der Waals surface area contributed by atoms with Crippen LogP contribution in [0.2, 0.25) is 0 Å². The molecule has 0 aliphatic carbocycles. The summed E-state index contributed by atoms with van der Waals surface area (Å²) >= 11 is 7.52. The van der Waals surface area contributed by atoms with Crippen LogP contribution in [-0.2, 0) is 19.2 Å². The predicted molar refractivity (Wildman–Crippen MR) is 175 cm³/mol. The molecule has 2 aliphatic heterocycles. The molecule has 10 nitrogen and oxygen atoms in total. The maximum absolute atomic E-state index is 12.3. The third-order valence-electron chi connectivity index (χ3n) is 5.88. The number of aryl methyl sites for hydroxylation is 1. The third-order valence-corrected chi connectivity index (χ3v) is 7.75. The Morgan fingerprint density at radius 2 is 1.07 bits per heavy atom. The van der Waals surface area contributed by atoms with E-state index in [0.717, 1.165) is 12.9 Å². The van der Waals surface area contributed by atoms with Crippen molar-refractivity contribution in [1.29, 1.82) is 0 Å². The summed E-state index contributed by atoms with van der Waals surface area (Å²) in [5, 5.41) is 2.46. The molecule has 4 heterocycles. The van der Waals surface area contributed by atoms with Gasteiger partial charge in [-0.05, 0) is 153 Å². The van der Waals surface area contributed by atoms with E-state index in [1.807, 2.05) is 24.3 Å². The summed E-state index contributed by atoms with van der Waals surface area (Å²) < 4.78 is 13.3. The molecular formula is C29H19BrI2N4O6. The van der Waals surface area contributed by atoms with Gasteiger partial charge >= 0.3 is 0 Å². The van der Waals surface area contributed by atoms with Gasteiger partial charge in [-0.3, -0.25) is 30.0 Å². The van der Waals surface area contributed by atoms with Crippen LogP contribution in [0.3, 0.4) is 0 Å². The average Bonchev–Trinajstić information content (AvgIpc) is 3.71. The van der Waals surface area contributed by atoms with Crippen LogP contribution >= 0.6 is 61.1 Å². The van der Waals surface area contributed by atoms with E-state index in [1.54, 1.807) is 55.5 Å². The van der Waals surface area contributed by atoms with Gasteiger partial charge < -0.3 is 8.83 Å². The van der Waals surface area contributed by atoms with E-state index in [2.05, 4.69) is 72.0 Å².